The summed E-state index contributed by atoms with van der Waals surface area (Å²) in [7, 11) is 0. The molecule has 2 N–H and O–H groups in total. The van der Waals surface area contributed by atoms with Gasteiger partial charge in [-0.15, -0.1) is 0 Å². The molecule has 2 atom stereocenters. The first-order valence-electron chi connectivity index (χ1n) is 8.68. The summed E-state index contributed by atoms with van der Waals surface area (Å²) >= 11 is 0. The molecule has 2 fully saturated rings. The highest BCUT2D eigenvalue weighted by atomic mass is 16.6. The van der Waals surface area contributed by atoms with E-state index in [4.69, 9.17) is 0 Å². The summed E-state index contributed by atoms with van der Waals surface area (Å²) in [5.74, 6) is -1.78. The van der Waals surface area contributed by atoms with Crippen molar-refractivity contribution in [2.75, 3.05) is 13.1 Å². The predicted octanol–water partition coefficient (Wildman–Crippen LogP) is 1.62. The van der Waals surface area contributed by atoms with Crippen LogP contribution in [0.25, 0.3) is 10.9 Å². The summed E-state index contributed by atoms with van der Waals surface area (Å²) < 4.78 is 0. The van der Waals surface area contributed by atoms with Gasteiger partial charge in [0.05, 0.1) is 16.4 Å². The van der Waals surface area contributed by atoms with Gasteiger partial charge in [-0.3, -0.25) is 24.5 Å². The summed E-state index contributed by atoms with van der Waals surface area (Å²) in [5.41, 5.74) is -0.307. The Morgan fingerprint density at radius 3 is 2.59 bits per heavy atom. The fourth-order valence-electron chi connectivity index (χ4n) is 3.96. The third-order valence-electron chi connectivity index (χ3n) is 5.46. The molecule has 0 spiro atoms. The lowest BCUT2D eigenvalue weighted by molar-refractivity contribution is -0.384. The van der Waals surface area contributed by atoms with Crippen LogP contribution in [0.15, 0.2) is 29.1 Å². The van der Waals surface area contributed by atoms with Crippen molar-refractivity contribution in [3.8, 4) is 0 Å². The zero-order valence-electron chi connectivity index (χ0n) is 14.3. The number of pyridine rings is 1. The highest BCUT2D eigenvalue weighted by Gasteiger charge is 2.47. The Bertz CT molecular complexity index is 1030. The van der Waals surface area contributed by atoms with Gasteiger partial charge in [-0.05, 0) is 30.7 Å². The van der Waals surface area contributed by atoms with Gasteiger partial charge in [-0.2, -0.15) is 0 Å². The average molecular weight is 371 g/mol. The topological polar surface area (TPSA) is 134 Å². The van der Waals surface area contributed by atoms with Crippen LogP contribution >= 0.6 is 0 Å². The number of carbonyl (C=O) groups excluding carboxylic acids is 1. The van der Waals surface area contributed by atoms with E-state index in [0.717, 1.165) is 18.9 Å². The first-order chi connectivity index (χ1) is 12.8. The van der Waals surface area contributed by atoms with Gasteiger partial charge >= 0.3 is 5.97 Å². The maximum Gasteiger partial charge on any atom is 0.308 e. The van der Waals surface area contributed by atoms with Crippen LogP contribution in [0.5, 0.6) is 0 Å². The van der Waals surface area contributed by atoms with E-state index >= 15 is 0 Å². The van der Waals surface area contributed by atoms with Crippen LogP contribution in [0.4, 0.5) is 5.69 Å². The molecule has 2 heterocycles. The van der Waals surface area contributed by atoms with E-state index in [1.54, 1.807) is 0 Å². The van der Waals surface area contributed by atoms with Crippen molar-refractivity contribution in [3.63, 3.8) is 0 Å². The number of carboxylic acid groups (broad SMARTS) is 1. The van der Waals surface area contributed by atoms with Crippen molar-refractivity contribution in [2.24, 2.45) is 17.8 Å². The number of aromatic nitrogens is 1. The number of fused-ring (bicyclic) bond motifs is 1. The van der Waals surface area contributed by atoms with Gasteiger partial charge in [0.2, 0.25) is 5.56 Å². The SMILES string of the molecule is O=C(O)[C@H]1CN(C(=O)c2cc(=O)[nH]c3ccc([N+](=O)[O-])cc23)C[C@@H]1C1CC1. The number of amides is 1. The van der Waals surface area contributed by atoms with Gasteiger partial charge in [0.1, 0.15) is 0 Å². The lowest BCUT2D eigenvalue weighted by Crippen LogP contribution is -2.31. The van der Waals surface area contributed by atoms with Crippen LogP contribution in [0.1, 0.15) is 23.2 Å². The fourth-order valence-corrected chi connectivity index (χ4v) is 3.96. The first kappa shape index (κ1) is 17.2. The maximum absolute atomic E-state index is 13.1. The highest BCUT2D eigenvalue weighted by Crippen LogP contribution is 2.44. The summed E-state index contributed by atoms with van der Waals surface area (Å²) in [4.78, 5) is 51.1. The smallest absolute Gasteiger partial charge is 0.308 e. The van der Waals surface area contributed by atoms with Crippen molar-refractivity contribution in [3.05, 3.63) is 50.3 Å². The number of H-pyrrole nitrogens is 1. The lowest BCUT2D eigenvalue weighted by atomic mass is 9.92. The number of nitrogens with one attached hydrogen (secondary N) is 1. The van der Waals surface area contributed by atoms with Gasteiger partial charge in [-0.25, -0.2) is 0 Å². The van der Waals surface area contributed by atoms with Crippen LogP contribution in [0.3, 0.4) is 0 Å². The van der Waals surface area contributed by atoms with E-state index in [2.05, 4.69) is 4.98 Å². The molecule has 4 rings (SSSR count). The molecule has 1 saturated heterocycles. The van der Waals surface area contributed by atoms with E-state index < -0.39 is 28.3 Å². The van der Waals surface area contributed by atoms with Crippen molar-refractivity contribution >= 4 is 28.5 Å². The lowest BCUT2D eigenvalue weighted by Gasteiger charge is -2.17. The number of carboxylic acids is 1. The number of hydrogen-bond donors (Lipinski definition) is 2. The number of hydrogen-bond acceptors (Lipinski definition) is 5. The van der Waals surface area contributed by atoms with Crippen LogP contribution in [-0.2, 0) is 4.79 Å². The first-order valence-corrected chi connectivity index (χ1v) is 8.68. The van der Waals surface area contributed by atoms with Crippen molar-refractivity contribution in [2.45, 2.75) is 12.8 Å². The molecule has 9 heteroatoms. The fraction of sp³-hybridized carbons (Fsp3) is 0.389. The molecule has 140 valence electrons. The molecule has 2 aromatic rings. The number of aromatic amines is 1. The predicted molar refractivity (Wildman–Crippen MR) is 94.5 cm³/mol. The van der Waals surface area contributed by atoms with Crippen LogP contribution in [-0.4, -0.2) is 44.9 Å². The van der Waals surface area contributed by atoms with Crippen molar-refractivity contribution in [1.29, 1.82) is 0 Å². The van der Waals surface area contributed by atoms with Gasteiger partial charge < -0.3 is 15.0 Å². The minimum Gasteiger partial charge on any atom is -0.481 e. The Balaban J connectivity index is 1.74. The number of aliphatic carboxylic acids is 1. The minimum atomic E-state index is -0.923. The minimum absolute atomic E-state index is 0.0537. The number of likely N-dealkylation sites (tertiary alicyclic amines) is 1. The standard InChI is InChI=1S/C18H17N3O6/c22-16-6-12(11-5-10(21(26)27)3-4-15(11)19-16)17(23)20-7-13(9-1-2-9)14(8-20)18(24)25/h3-6,9,13-14H,1-2,7-8H2,(H,19,22)(H,24,25)/t13-,14+/m1/s1. The van der Waals surface area contributed by atoms with Gasteiger partial charge in [0.25, 0.3) is 11.6 Å². The van der Waals surface area contributed by atoms with Crippen molar-refractivity contribution in [1.82, 2.24) is 9.88 Å². The molecule has 1 amide bonds. The van der Waals surface area contributed by atoms with Crippen LogP contribution in [0, 0.1) is 27.9 Å². The molecule has 1 aliphatic carbocycles. The zero-order chi connectivity index (χ0) is 19.3. The van der Waals surface area contributed by atoms with Crippen LogP contribution < -0.4 is 5.56 Å². The van der Waals surface area contributed by atoms with Crippen molar-refractivity contribution < 1.29 is 19.6 Å². The molecule has 27 heavy (non-hydrogen) atoms. The molecule has 1 saturated carbocycles. The highest BCUT2D eigenvalue weighted by molar-refractivity contribution is 6.06. The molecule has 2 aliphatic rings. The summed E-state index contributed by atoms with van der Waals surface area (Å²) in [5, 5.41) is 20.8. The third kappa shape index (κ3) is 3.05. The number of carbonyl (C=O) groups is 2. The number of nitro groups is 1. The zero-order valence-corrected chi connectivity index (χ0v) is 14.3. The molecule has 1 aromatic heterocycles. The molecule has 0 unspecified atom stereocenters. The second kappa shape index (κ2) is 6.19. The molecule has 1 aliphatic heterocycles. The number of benzene rings is 1. The largest absolute Gasteiger partial charge is 0.481 e. The quantitative estimate of drug-likeness (QED) is 0.620. The summed E-state index contributed by atoms with van der Waals surface area (Å²) in [6.45, 7) is 0.405. The van der Waals surface area contributed by atoms with Gasteiger partial charge in [0.15, 0.2) is 0 Å². The molecule has 0 radical (unpaired) electrons. The molecule has 9 nitrogen and oxygen atoms in total. The average Bonchev–Trinajstić information content (AvgIpc) is 3.37. The second-order valence-electron chi connectivity index (χ2n) is 7.19. The van der Waals surface area contributed by atoms with Gasteiger partial charge in [0, 0.05) is 42.2 Å². The second-order valence-corrected chi connectivity index (χ2v) is 7.19. The summed E-state index contributed by atoms with van der Waals surface area (Å²) in [6.07, 6.45) is 1.94. The van der Waals surface area contributed by atoms with E-state index in [1.165, 1.54) is 23.1 Å². The number of rotatable bonds is 4. The Morgan fingerprint density at radius 1 is 1.22 bits per heavy atom. The Labute approximate surface area is 152 Å². The Kier molecular flexibility index (Phi) is 3.94. The molecular formula is C18H17N3O6. The number of nitro benzene ring substituents is 1. The maximum atomic E-state index is 13.1. The van der Waals surface area contributed by atoms with E-state index in [9.17, 15) is 29.6 Å². The molecule has 0 bridgehead atoms. The number of nitrogens with zero attached hydrogens (tertiary/aromatic N) is 2. The normalized spacial score (nSPS) is 22.1. The number of non-ortho nitro benzene ring substituents is 1. The Hall–Kier alpha value is -3.23. The van der Waals surface area contributed by atoms with E-state index in [0.29, 0.717) is 18.0 Å². The van der Waals surface area contributed by atoms with Crippen LogP contribution in [0.2, 0.25) is 0 Å². The Morgan fingerprint density at radius 2 is 1.96 bits per heavy atom. The van der Waals surface area contributed by atoms with Gasteiger partial charge in [-0.1, -0.05) is 0 Å². The molecule has 1 aromatic carbocycles. The van der Waals surface area contributed by atoms with E-state index in [-0.39, 0.29) is 29.1 Å². The summed E-state index contributed by atoms with van der Waals surface area (Å²) in [6, 6.07) is 5.02. The van der Waals surface area contributed by atoms with E-state index in [1.807, 2.05) is 0 Å². The monoisotopic (exact) mass is 371 g/mol. The molecular weight excluding hydrogens is 354 g/mol. The third-order valence-corrected chi connectivity index (χ3v) is 5.46.